The first-order valence-electron chi connectivity index (χ1n) is 9.36. The summed E-state index contributed by atoms with van der Waals surface area (Å²) in [6, 6.07) is 1.50. The van der Waals surface area contributed by atoms with Crippen LogP contribution in [-0.2, 0) is 0 Å². The van der Waals surface area contributed by atoms with Gasteiger partial charge in [0.25, 0.3) is 0 Å². The Kier molecular flexibility index (Phi) is 8.89. The molecule has 1 aliphatic heterocycles. The molecule has 0 spiro atoms. The Bertz CT molecular complexity index is 247. The Labute approximate surface area is 134 Å². The predicted octanol–water partition coefficient (Wildman–Crippen LogP) is 4.84. The highest BCUT2D eigenvalue weighted by Gasteiger charge is 2.19. The van der Waals surface area contributed by atoms with Crippen LogP contribution >= 0.6 is 0 Å². The molecule has 0 amide bonds. The summed E-state index contributed by atoms with van der Waals surface area (Å²) < 4.78 is 0. The molecule has 0 bridgehead atoms. The monoisotopic (exact) mass is 296 g/mol. The van der Waals surface area contributed by atoms with Crippen molar-refractivity contribution in [2.75, 3.05) is 19.6 Å². The predicted molar refractivity (Wildman–Crippen MR) is 94.9 cm³/mol. The Morgan fingerprint density at radius 2 is 1.52 bits per heavy atom. The fraction of sp³-hybridized carbons (Fsp3) is 1.00. The van der Waals surface area contributed by atoms with E-state index in [1.807, 2.05) is 0 Å². The van der Waals surface area contributed by atoms with Crippen LogP contribution in [0, 0.1) is 5.41 Å². The summed E-state index contributed by atoms with van der Waals surface area (Å²) in [6.45, 7) is 15.5. The molecule has 1 heterocycles. The van der Waals surface area contributed by atoms with Crippen LogP contribution in [0.3, 0.4) is 0 Å². The van der Waals surface area contributed by atoms with E-state index in [9.17, 15) is 0 Å². The molecular weight excluding hydrogens is 256 g/mol. The molecule has 1 N–H and O–H groups in total. The lowest BCUT2D eigenvalue weighted by Crippen LogP contribution is -2.45. The zero-order valence-electron chi connectivity index (χ0n) is 15.4. The molecule has 1 aliphatic rings. The van der Waals surface area contributed by atoms with E-state index in [2.05, 4.69) is 44.8 Å². The minimum Gasteiger partial charge on any atom is -0.314 e. The van der Waals surface area contributed by atoms with Gasteiger partial charge in [0.1, 0.15) is 0 Å². The van der Waals surface area contributed by atoms with Crippen molar-refractivity contribution in [3.05, 3.63) is 0 Å². The van der Waals surface area contributed by atoms with Crippen LogP contribution in [0.4, 0.5) is 0 Å². The van der Waals surface area contributed by atoms with Gasteiger partial charge in [-0.3, -0.25) is 0 Å². The molecule has 0 aliphatic carbocycles. The van der Waals surface area contributed by atoms with E-state index < -0.39 is 0 Å². The largest absolute Gasteiger partial charge is 0.314 e. The number of unbranched alkanes of at least 4 members (excludes halogenated alkanes) is 4. The number of hydrogen-bond acceptors (Lipinski definition) is 2. The number of likely N-dealkylation sites (tertiary alicyclic amines) is 1. The van der Waals surface area contributed by atoms with Gasteiger partial charge in [0.15, 0.2) is 0 Å². The molecule has 0 unspecified atom stereocenters. The van der Waals surface area contributed by atoms with Gasteiger partial charge in [-0.05, 0) is 64.6 Å². The van der Waals surface area contributed by atoms with Crippen LogP contribution in [0.2, 0.25) is 0 Å². The van der Waals surface area contributed by atoms with Crippen molar-refractivity contribution >= 4 is 0 Å². The van der Waals surface area contributed by atoms with Crippen molar-refractivity contribution < 1.29 is 0 Å². The van der Waals surface area contributed by atoms with Gasteiger partial charge in [-0.2, -0.15) is 0 Å². The van der Waals surface area contributed by atoms with Gasteiger partial charge in [-0.15, -0.1) is 0 Å². The van der Waals surface area contributed by atoms with Crippen molar-refractivity contribution in [2.45, 2.75) is 98.1 Å². The second-order valence-corrected chi connectivity index (χ2v) is 8.44. The highest BCUT2D eigenvalue weighted by molar-refractivity contribution is 4.78. The van der Waals surface area contributed by atoms with E-state index in [0.29, 0.717) is 5.41 Å². The highest BCUT2D eigenvalue weighted by atomic mass is 15.2. The van der Waals surface area contributed by atoms with Crippen LogP contribution in [0.5, 0.6) is 0 Å². The molecule has 0 aromatic rings. The first kappa shape index (κ1) is 19.0. The summed E-state index contributed by atoms with van der Waals surface area (Å²) in [4.78, 5) is 2.60. The number of rotatable bonds is 9. The van der Waals surface area contributed by atoms with Crippen LogP contribution in [0.15, 0.2) is 0 Å². The maximum atomic E-state index is 3.77. The van der Waals surface area contributed by atoms with Crippen molar-refractivity contribution in [2.24, 2.45) is 5.41 Å². The molecule has 0 radical (unpaired) electrons. The quantitative estimate of drug-likeness (QED) is 0.613. The minimum atomic E-state index is 0.520. The van der Waals surface area contributed by atoms with Gasteiger partial charge >= 0.3 is 0 Å². The summed E-state index contributed by atoms with van der Waals surface area (Å²) >= 11 is 0. The van der Waals surface area contributed by atoms with Crippen molar-refractivity contribution in [1.82, 2.24) is 10.2 Å². The van der Waals surface area contributed by atoms with Crippen LogP contribution in [-0.4, -0.2) is 36.6 Å². The summed E-state index contributed by atoms with van der Waals surface area (Å²) in [5.74, 6) is 0. The van der Waals surface area contributed by atoms with Crippen molar-refractivity contribution in [3.63, 3.8) is 0 Å². The fourth-order valence-electron chi connectivity index (χ4n) is 3.24. The molecule has 0 aromatic heterocycles. The molecule has 0 aromatic carbocycles. The van der Waals surface area contributed by atoms with Gasteiger partial charge in [0, 0.05) is 12.1 Å². The molecule has 21 heavy (non-hydrogen) atoms. The van der Waals surface area contributed by atoms with Gasteiger partial charge in [-0.25, -0.2) is 0 Å². The summed E-state index contributed by atoms with van der Waals surface area (Å²) in [6.07, 6.45) is 11.1. The lowest BCUT2D eigenvalue weighted by molar-refractivity contribution is 0.161. The lowest BCUT2D eigenvalue weighted by atomic mass is 9.89. The van der Waals surface area contributed by atoms with E-state index in [1.54, 1.807) is 0 Å². The molecule has 0 saturated carbocycles. The van der Waals surface area contributed by atoms with E-state index >= 15 is 0 Å². The molecule has 2 nitrogen and oxygen atoms in total. The van der Waals surface area contributed by atoms with Crippen molar-refractivity contribution in [3.8, 4) is 0 Å². The van der Waals surface area contributed by atoms with Crippen LogP contribution in [0.25, 0.3) is 0 Å². The third-order valence-electron chi connectivity index (χ3n) is 4.80. The Morgan fingerprint density at radius 1 is 0.952 bits per heavy atom. The summed E-state index contributed by atoms with van der Waals surface area (Å²) in [5, 5.41) is 3.77. The van der Waals surface area contributed by atoms with Gasteiger partial charge in [0.2, 0.25) is 0 Å². The molecule has 1 saturated heterocycles. The third kappa shape index (κ3) is 9.52. The minimum absolute atomic E-state index is 0.520. The molecule has 1 fully saturated rings. The maximum Gasteiger partial charge on any atom is 0.00914 e. The normalized spacial score (nSPS) is 18.6. The van der Waals surface area contributed by atoms with Crippen LogP contribution in [0.1, 0.15) is 86.0 Å². The van der Waals surface area contributed by atoms with E-state index in [-0.39, 0.29) is 0 Å². The lowest BCUT2D eigenvalue weighted by Gasteiger charge is -2.35. The molecule has 0 atom stereocenters. The van der Waals surface area contributed by atoms with Gasteiger partial charge in [0.05, 0.1) is 0 Å². The average molecular weight is 297 g/mol. The standard InChI is InChI=1S/C19H40N2/c1-17(2)21-15-11-18(12-16-21)20-14-10-8-6-7-9-13-19(3,4)5/h17-18,20H,6-16H2,1-5H3. The molecule has 2 heteroatoms. The first-order valence-corrected chi connectivity index (χ1v) is 9.36. The third-order valence-corrected chi connectivity index (χ3v) is 4.80. The zero-order chi connectivity index (χ0) is 15.7. The fourth-order valence-corrected chi connectivity index (χ4v) is 3.24. The molecule has 1 rings (SSSR count). The Morgan fingerprint density at radius 3 is 2.10 bits per heavy atom. The smallest absolute Gasteiger partial charge is 0.00914 e. The second-order valence-electron chi connectivity index (χ2n) is 8.44. The van der Waals surface area contributed by atoms with Crippen LogP contribution < -0.4 is 5.32 Å². The van der Waals surface area contributed by atoms with E-state index in [1.165, 1.54) is 71.0 Å². The maximum absolute atomic E-state index is 3.77. The first-order chi connectivity index (χ1) is 9.88. The van der Waals surface area contributed by atoms with E-state index in [0.717, 1.165) is 12.1 Å². The Balaban J connectivity index is 1.89. The second kappa shape index (κ2) is 9.84. The van der Waals surface area contributed by atoms with Gasteiger partial charge < -0.3 is 10.2 Å². The van der Waals surface area contributed by atoms with Gasteiger partial charge in [-0.1, -0.05) is 46.5 Å². The Hall–Kier alpha value is -0.0800. The number of nitrogens with one attached hydrogen (secondary N) is 1. The topological polar surface area (TPSA) is 15.3 Å². The number of nitrogens with zero attached hydrogens (tertiary/aromatic N) is 1. The number of piperidine rings is 1. The summed E-state index contributed by atoms with van der Waals surface area (Å²) in [5.41, 5.74) is 0.520. The highest BCUT2D eigenvalue weighted by Crippen LogP contribution is 2.22. The average Bonchev–Trinajstić information content (AvgIpc) is 2.41. The molecular formula is C19H40N2. The van der Waals surface area contributed by atoms with Crippen molar-refractivity contribution in [1.29, 1.82) is 0 Å². The summed E-state index contributed by atoms with van der Waals surface area (Å²) in [7, 11) is 0. The molecule has 126 valence electrons. The zero-order valence-corrected chi connectivity index (χ0v) is 15.4. The number of hydrogen-bond donors (Lipinski definition) is 1. The van der Waals surface area contributed by atoms with E-state index in [4.69, 9.17) is 0 Å². The SMILES string of the molecule is CC(C)N1CCC(NCCCCCCCC(C)(C)C)CC1.